The minimum Gasteiger partial charge on any atom is -0.353 e. The zero-order valence-corrected chi connectivity index (χ0v) is 18.1. The average molecular weight is 437 g/mol. The fourth-order valence-corrected chi connectivity index (χ4v) is 4.63. The molecule has 3 aromatic rings. The van der Waals surface area contributed by atoms with Crippen molar-refractivity contribution in [3.63, 3.8) is 0 Å². The molecule has 2 aliphatic rings. The lowest BCUT2D eigenvalue weighted by Gasteiger charge is -2.36. The molecule has 160 valence electrons. The van der Waals surface area contributed by atoms with E-state index in [4.69, 9.17) is 4.98 Å². The molecule has 1 aromatic carbocycles. The number of tetrazole rings is 1. The standard InChI is InChI=1S/C21H24N8OS/c1-15(31-21-24-25-26-29(21)17-7-8-17)20(30)28-13-11-27(12-14-28)18-9-10-22-19(23-18)16-5-3-2-4-6-16/h2-6,9-10,15,17H,7-8,11-14H2,1H3. The molecule has 0 N–H and O–H groups in total. The van der Waals surface area contributed by atoms with Crippen LogP contribution < -0.4 is 4.90 Å². The first-order valence-corrected chi connectivity index (χ1v) is 11.4. The van der Waals surface area contributed by atoms with Crippen LogP contribution in [0.5, 0.6) is 0 Å². The van der Waals surface area contributed by atoms with Crippen molar-refractivity contribution >= 4 is 23.5 Å². The van der Waals surface area contributed by atoms with E-state index in [1.165, 1.54) is 11.8 Å². The van der Waals surface area contributed by atoms with E-state index in [2.05, 4.69) is 25.4 Å². The van der Waals surface area contributed by atoms with Gasteiger partial charge in [-0.1, -0.05) is 42.1 Å². The fourth-order valence-electron chi connectivity index (χ4n) is 3.68. The normalized spacial score (nSPS) is 17.6. The highest BCUT2D eigenvalue weighted by atomic mass is 32.2. The molecule has 31 heavy (non-hydrogen) atoms. The Kier molecular flexibility index (Phi) is 5.54. The molecule has 1 saturated heterocycles. The maximum atomic E-state index is 13.0. The summed E-state index contributed by atoms with van der Waals surface area (Å²) in [5, 5.41) is 12.5. The van der Waals surface area contributed by atoms with Gasteiger partial charge in [0.25, 0.3) is 0 Å². The minimum atomic E-state index is -0.223. The Labute approximate surface area is 184 Å². The summed E-state index contributed by atoms with van der Waals surface area (Å²) in [5.74, 6) is 1.74. The molecule has 1 unspecified atom stereocenters. The zero-order valence-electron chi connectivity index (χ0n) is 17.3. The number of amides is 1. The van der Waals surface area contributed by atoms with Gasteiger partial charge in [0, 0.05) is 37.9 Å². The molecule has 0 spiro atoms. The lowest BCUT2D eigenvalue weighted by molar-refractivity contribution is -0.130. The lowest BCUT2D eigenvalue weighted by Crippen LogP contribution is -2.51. The molecular formula is C21H24N8OS. The van der Waals surface area contributed by atoms with E-state index in [1.54, 1.807) is 6.20 Å². The Morgan fingerprint density at radius 2 is 1.87 bits per heavy atom. The van der Waals surface area contributed by atoms with E-state index in [9.17, 15) is 4.79 Å². The number of piperazine rings is 1. The summed E-state index contributed by atoms with van der Waals surface area (Å²) in [4.78, 5) is 26.3. The van der Waals surface area contributed by atoms with Gasteiger partial charge in [0.2, 0.25) is 11.1 Å². The lowest BCUT2D eigenvalue weighted by atomic mass is 10.2. The molecule has 10 heteroatoms. The Morgan fingerprint density at radius 3 is 2.61 bits per heavy atom. The highest BCUT2D eigenvalue weighted by Crippen LogP contribution is 2.37. The van der Waals surface area contributed by atoms with Crippen LogP contribution in [0.4, 0.5) is 5.82 Å². The Hall–Kier alpha value is -3.01. The van der Waals surface area contributed by atoms with Crippen LogP contribution in [-0.4, -0.2) is 72.4 Å². The molecule has 1 saturated carbocycles. The molecule has 3 heterocycles. The first kappa shape index (κ1) is 19.9. The third-order valence-corrected chi connectivity index (χ3v) is 6.61. The van der Waals surface area contributed by atoms with Gasteiger partial charge in [0.05, 0.1) is 11.3 Å². The second-order valence-corrected chi connectivity index (χ2v) is 9.12. The first-order chi connectivity index (χ1) is 15.2. The van der Waals surface area contributed by atoms with Gasteiger partial charge in [-0.25, -0.2) is 14.6 Å². The van der Waals surface area contributed by atoms with Crippen molar-refractivity contribution < 1.29 is 4.79 Å². The highest BCUT2D eigenvalue weighted by Gasteiger charge is 2.31. The highest BCUT2D eigenvalue weighted by molar-refractivity contribution is 8.00. The molecule has 0 bridgehead atoms. The Balaban J connectivity index is 1.19. The predicted octanol–water partition coefficient (Wildman–Crippen LogP) is 2.29. The van der Waals surface area contributed by atoms with Crippen LogP contribution in [0.25, 0.3) is 11.4 Å². The monoisotopic (exact) mass is 436 g/mol. The second kappa shape index (κ2) is 8.62. The molecule has 9 nitrogen and oxygen atoms in total. The van der Waals surface area contributed by atoms with E-state index in [0.29, 0.717) is 19.1 Å². The predicted molar refractivity (Wildman–Crippen MR) is 118 cm³/mol. The third kappa shape index (κ3) is 4.39. The van der Waals surface area contributed by atoms with Crippen molar-refractivity contribution in [2.45, 2.75) is 36.2 Å². The second-order valence-electron chi connectivity index (χ2n) is 7.81. The molecule has 2 aromatic heterocycles. The Morgan fingerprint density at radius 1 is 1.10 bits per heavy atom. The van der Waals surface area contributed by atoms with Crippen LogP contribution in [0.2, 0.25) is 0 Å². The molecule has 0 radical (unpaired) electrons. The van der Waals surface area contributed by atoms with Crippen molar-refractivity contribution in [2.75, 3.05) is 31.1 Å². The van der Waals surface area contributed by atoms with Gasteiger partial charge < -0.3 is 9.80 Å². The maximum absolute atomic E-state index is 13.0. The number of anilines is 1. The Bertz CT molecular complexity index is 1050. The first-order valence-electron chi connectivity index (χ1n) is 10.6. The van der Waals surface area contributed by atoms with Crippen molar-refractivity contribution in [2.24, 2.45) is 0 Å². The molecule has 1 aliphatic heterocycles. The number of thioether (sulfide) groups is 1. The number of carbonyl (C=O) groups is 1. The quantitative estimate of drug-likeness (QED) is 0.544. The van der Waals surface area contributed by atoms with E-state index >= 15 is 0 Å². The van der Waals surface area contributed by atoms with Crippen molar-refractivity contribution in [1.29, 1.82) is 0 Å². The molecule has 1 aliphatic carbocycles. The number of rotatable bonds is 6. The van der Waals surface area contributed by atoms with Gasteiger partial charge in [0.15, 0.2) is 5.82 Å². The number of benzene rings is 1. The van der Waals surface area contributed by atoms with E-state index in [1.807, 2.05) is 52.9 Å². The SMILES string of the molecule is CC(Sc1nnnn1C1CC1)C(=O)N1CCN(c2ccnc(-c3ccccc3)n2)CC1. The largest absolute Gasteiger partial charge is 0.353 e. The van der Waals surface area contributed by atoms with Gasteiger partial charge in [-0.05, 0) is 36.3 Å². The van der Waals surface area contributed by atoms with E-state index in [0.717, 1.165) is 48.3 Å². The number of nitrogens with zero attached hydrogens (tertiary/aromatic N) is 8. The van der Waals surface area contributed by atoms with Crippen LogP contribution in [0.15, 0.2) is 47.8 Å². The number of aromatic nitrogens is 6. The van der Waals surface area contributed by atoms with Gasteiger partial charge >= 0.3 is 0 Å². The molecule has 1 atom stereocenters. The van der Waals surface area contributed by atoms with Gasteiger partial charge in [-0.15, -0.1) is 5.10 Å². The summed E-state index contributed by atoms with van der Waals surface area (Å²) in [6.45, 7) is 4.76. The summed E-state index contributed by atoms with van der Waals surface area (Å²) in [6, 6.07) is 12.3. The smallest absolute Gasteiger partial charge is 0.236 e. The van der Waals surface area contributed by atoms with Crippen LogP contribution in [-0.2, 0) is 4.79 Å². The van der Waals surface area contributed by atoms with Gasteiger partial charge in [-0.3, -0.25) is 4.79 Å². The van der Waals surface area contributed by atoms with Crippen LogP contribution in [0.1, 0.15) is 25.8 Å². The summed E-state index contributed by atoms with van der Waals surface area (Å²) < 4.78 is 1.85. The summed E-state index contributed by atoms with van der Waals surface area (Å²) in [5.41, 5.74) is 0.998. The van der Waals surface area contributed by atoms with Crippen LogP contribution >= 0.6 is 11.8 Å². The van der Waals surface area contributed by atoms with Crippen molar-refractivity contribution in [1.82, 2.24) is 35.1 Å². The van der Waals surface area contributed by atoms with Crippen molar-refractivity contribution in [3.05, 3.63) is 42.6 Å². The molecule has 5 rings (SSSR count). The average Bonchev–Trinajstić information content (AvgIpc) is 3.58. The van der Waals surface area contributed by atoms with Crippen molar-refractivity contribution in [3.8, 4) is 11.4 Å². The summed E-state index contributed by atoms with van der Waals surface area (Å²) in [7, 11) is 0. The van der Waals surface area contributed by atoms with E-state index in [-0.39, 0.29) is 11.2 Å². The molecular weight excluding hydrogens is 412 g/mol. The number of hydrogen-bond donors (Lipinski definition) is 0. The van der Waals surface area contributed by atoms with Crippen LogP contribution in [0, 0.1) is 0 Å². The number of hydrogen-bond acceptors (Lipinski definition) is 8. The van der Waals surface area contributed by atoms with Crippen LogP contribution in [0.3, 0.4) is 0 Å². The fraction of sp³-hybridized carbons (Fsp3) is 0.429. The number of carbonyl (C=O) groups excluding carboxylic acids is 1. The topological polar surface area (TPSA) is 92.9 Å². The summed E-state index contributed by atoms with van der Waals surface area (Å²) >= 11 is 1.45. The van der Waals surface area contributed by atoms with E-state index < -0.39 is 0 Å². The third-order valence-electron chi connectivity index (χ3n) is 5.57. The van der Waals surface area contributed by atoms with Gasteiger partial charge in [-0.2, -0.15) is 0 Å². The molecule has 2 fully saturated rings. The zero-order chi connectivity index (χ0) is 21.2. The minimum absolute atomic E-state index is 0.127. The molecule has 1 amide bonds. The maximum Gasteiger partial charge on any atom is 0.236 e. The van der Waals surface area contributed by atoms with Gasteiger partial charge in [0.1, 0.15) is 5.82 Å². The summed E-state index contributed by atoms with van der Waals surface area (Å²) in [6.07, 6.45) is 4.01.